The van der Waals surface area contributed by atoms with Crippen molar-refractivity contribution in [2.24, 2.45) is 0 Å². The first-order valence-corrected chi connectivity index (χ1v) is 10.8. The van der Waals surface area contributed by atoms with Crippen molar-refractivity contribution < 1.29 is 9.18 Å². The van der Waals surface area contributed by atoms with Gasteiger partial charge in [0.05, 0.1) is 10.9 Å². The lowest BCUT2D eigenvalue weighted by atomic mass is 10.1. The molecule has 2 aromatic carbocycles. The predicted octanol–water partition coefficient (Wildman–Crippen LogP) is 4.07. The highest BCUT2D eigenvalue weighted by atomic mass is 32.1. The van der Waals surface area contributed by atoms with Gasteiger partial charge in [-0.25, -0.2) is 4.39 Å². The van der Waals surface area contributed by atoms with Gasteiger partial charge < -0.3 is 10.2 Å². The number of benzene rings is 2. The van der Waals surface area contributed by atoms with Gasteiger partial charge in [-0.05, 0) is 37.2 Å². The van der Waals surface area contributed by atoms with E-state index in [9.17, 15) is 9.18 Å². The van der Waals surface area contributed by atoms with Crippen LogP contribution >= 0.6 is 11.3 Å². The molecular formula is C23H26FN3OS. The Labute approximate surface area is 174 Å². The number of rotatable bonds is 5. The maximum absolute atomic E-state index is 14.3. The third-order valence-corrected chi connectivity index (χ3v) is 6.91. The van der Waals surface area contributed by atoms with Gasteiger partial charge >= 0.3 is 0 Å². The standard InChI is InChI=1S/C23H26FN3OS/c1-16-21-18(24)9-6-10-20(21)29-22(16)23(28)25-19(17-7-4-3-5-8-17)15-27-13-11-26(2)12-14-27/h3-10,19H,11-15H2,1-2H3,(H,25,28). The topological polar surface area (TPSA) is 35.6 Å². The minimum Gasteiger partial charge on any atom is -0.343 e. The molecule has 1 aliphatic heterocycles. The van der Waals surface area contributed by atoms with Gasteiger partial charge in [-0.1, -0.05) is 36.4 Å². The molecule has 1 unspecified atom stereocenters. The van der Waals surface area contributed by atoms with Crippen LogP contribution < -0.4 is 5.32 Å². The van der Waals surface area contributed by atoms with Crippen molar-refractivity contribution in [2.45, 2.75) is 13.0 Å². The van der Waals surface area contributed by atoms with Crippen LogP contribution in [0.3, 0.4) is 0 Å². The molecule has 1 aromatic heterocycles. The summed E-state index contributed by atoms with van der Waals surface area (Å²) < 4.78 is 15.1. The molecule has 2 heterocycles. The predicted molar refractivity (Wildman–Crippen MR) is 117 cm³/mol. The lowest BCUT2D eigenvalue weighted by Crippen LogP contribution is -2.47. The molecule has 1 aliphatic rings. The molecule has 3 aromatic rings. The van der Waals surface area contributed by atoms with Gasteiger partial charge in [-0.2, -0.15) is 0 Å². The van der Waals surface area contributed by atoms with Crippen molar-refractivity contribution in [3.05, 3.63) is 70.4 Å². The van der Waals surface area contributed by atoms with E-state index in [1.165, 1.54) is 17.4 Å². The van der Waals surface area contributed by atoms with Crippen LogP contribution in [0.1, 0.15) is 26.8 Å². The molecule has 4 rings (SSSR count). The second-order valence-electron chi connectivity index (χ2n) is 7.71. The van der Waals surface area contributed by atoms with Crippen LogP contribution in [0.25, 0.3) is 10.1 Å². The van der Waals surface area contributed by atoms with E-state index < -0.39 is 0 Å². The van der Waals surface area contributed by atoms with E-state index in [1.54, 1.807) is 6.07 Å². The molecule has 0 saturated carbocycles. The fourth-order valence-electron chi connectivity index (χ4n) is 3.90. The summed E-state index contributed by atoms with van der Waals surface area (Å²) in [5.74, 6) is -0.404. The molecule has 152 valence electrons. The number of nitrogens with one attached hydrogen (secondary N) is 1. The molecule has 0 radical (unpaired) electrons. The Morgan fingerprint density at radius 1 is 1.10 bits per heavy atom. The first-order chi connectivity index (χ1) is 14.0. The average Bonchev–Trinajstić information content (AvgIpc) is 3.07. The number of carbonyl (C=O) groups is 1. The largest absolute Gasteiger partial charge is 0.343 e. The van der Waals surface area contributed by atoms with Gasteiger partial charge in [-0.15, -0.1) is 11.3 Å². The fourth-order valence-corrected chi connectivity index (χ4v) is 5.03. The second kappa shape index (κ2) is 8.61. The zero-order valence-corrected chi connectivity index (χ0v) is 17.6. The Hall–Kier alpha value is -2.28. The second-order valence-corrected chi connectivity index (χ2v) is 8.76. The monoisotopic (exact) mass is 411 g/mol. The van der Waals surface area contributed by atoms with Crippen LogP contribution in [0, 0.1) is 12.7 Å². The molecule has 1 fully saturated rings. The van der Waals surface area contributed by atoms with Crippen molar-refractivity contribution in [3.63, 3.8) is 0 Å². The summed E-state index contributed by atoms with van der Waals surface area (Å²) in [6.45, 7) is 6.64. The number of hydrogen-bond donors (Lipinski definition) is 1. The number of likely N-dealkylation sites (N-methyl/N-ethyl adjacent to an activating group) is 1. The lowest BCUT2D eigenvalue weighted by molar-refractivity contribution is 0.0911. The highest BCUT2D eigenvalue weighted by Crippen LogP contribution is 2.33. The van der Waals surface area contributed by atoms with E-state index in [0.717, 1.165) is 43.0 Å². The Morgan fingerprint density at radius 2 is 1.83 bits per heavy atom. The summed E-state index contributed by atoms with van der Waals surface area (Å²) in [7, 11) is 2.14. The summed E-state index contributed by atoms with van der Waals surface area (Å²) in [6, 6.07) is 15.0. The van der Waals surface area contributed by atoms with Crippen molar-refractivity contribution >= 4 is 27.3 Å². The fraction of sp³-hybridized carbons (Fsp3) is 0.348. The molecule has 6 heteroatoms. The number of amides is 1. The summed E-state index contributed by atoms with van der Waals surface area (Å²) in [4.78, 5) is 18.5. The molecular weight excluding hydrogens is 385 g/mol. The normalized spacial score (nSPS) is 16.8. The van der Waals surface area contributed by atoms with Crippen LogP contribution in [0.15, 0.2) is 48.5 Å². The molecule has 29 heavy (non-hydrogen) atoms. The van der Waals surface area contributed by atoms with Crippen LogP contribution in [0.4, 0.5) is 4.39 Å². The Balaban J connectivity index is 1.58. The van der Waals surface area contributed by atoms with Gasteiger partial charge in [0.2, 0.25) is 0 Å². The number of thiophene rings is 1. The van der Waals surface area contributed by atoms with E-state index in [2.05, 4.69) is 34.3 Å². The van der Waals surface area contributed by atoms with Crippen molar-refractivity contribution in [1.82, 2.24) is 15.1 Å². The number of nitrogens with zero attached hydrogens (tertiary/aromatic N) is 2. The highest BCUT2D eigenvalue weighted by molar-refractivity contribution is 7.21. The van der Waals surface area contributed by atoms with E-state index in [1.807, 2.05) is 31.2 Å². The van der Waals surface area contributed by atoms with Gasteiger partial charge in [0, 0.05) is 42.8 Å². The number of halogens is 1. The molecule has 1 saturated heterocycles. The number of aryl methyl sites for hydroxylation is 1. The number of fused-ring (bicyclic) bond motifs is 1. The molecule has 0 bridgehead atoms. The van der Waals surface area contributed by atoms with E-state index >= 15 is 0 Å². The zero-order chi connectivity index (χ0) is 20.4. The van der Waals surface area contributed by atoms with Crippen molar-refractivity contribution in [2.75, 3.05) is 39.8 Å². The van der Waals surface area contributed by atoms with Gasteiger partial charge in [0.1, 0.15) is 5.82 Å². The van der Waals surface area contributed by atoms with Crippen LogP contribution in [0.5, 0.6) is 0 Å². The molecule has 1 atom stereocenters. The van der Waals surface area contributed by atoms with Crippen molar-refractivity contribution in [1.29, 1.82) is 0 Å². The lowest BCUT2D eigenvalue weighted by Gasteiger charge is -2.35. The Kier molecular flexibility index (Phi) is 5.94. The first-order valence-electron chi connectivity index (χ1n) is 9.97. The molecule has 4 nitrogen and oxygen atoms in total. The van der Waals surface area contributed by atoms with Crippen molar-refractivity contribution in [3.8, 4) is 0 Å². The maximum Gasteiger partial charge on any atom is 0.262 e. The third kappa shape index (κ3) is 4.34. The van der Waals surface area contributed by atoms with E-state index in [4.69, 9.17) is 0 Å². The number of piperazine rings is 1. The minimum atomic E-state index is -0.271. The maximum atomic E-state index is 14.3. The summed E-state index contributed by atoms with van der Waals surface area (Å²) in [6.07, 6.45) is 0. The number of carbonyl (C=O) groups excluding carboxylic acids is 1. The molecule has 0 spiro atoms. The first kappa shape index (κ1) is 20.0. The highest BCUT2D eigenvalue weighted by Gasteiger charge is 2.24. The quantitative estimate of drug-likeness (QED) is 0.688. The molecule has 1 amide bonds. The smallest absolute Gasteiger partial charge is 0.262 e. The zero-order valence-electron chi connectivity index (χ0n) is 16.8. The van der Waals surface area contributed by atoms with Gasteiger partial charge in [0.15, 0.2) is 0 Å². The van der Waals surface area contributed by atoms with Crippen LogP contribution in [0.2, 0.25) is 0 Å². The summed E-state index contributed by atoms with van der Waals surface area (Å²) in [5.41, 5.74) is 1.80. The van der Waals surface area contributed by atoms with E-state index in [0.29, 0.717) is 15.8 Å². The summed E-state index contributed by atoms with van der Waals surface area (Å²) >= 11 is 1.36. The van der Waals surface area contributed by atoms with Gasteiger partial charge in [0.25, 0.3) is 5.91 Å². The minimum absolute atomic E-state index is 0.110. The molecule has 1 N–H and O–H groups in total. The Morgan fingerprint density at radius 3 is 2.52 bits per heavy atom. The number of hydrogen-bond acceptors (Lipinski definition) is 4. The Bertz CT molecular complexity index is 996. The van der Waals surface area contributed by atoms with Crippen LogP contribution in [-0.2, 0) is 0 Å². The SMILES string of the molecule is Cc1c(C(=O)NC(CN2CCN(C)CC2)c2ccccc2)sc2cccc(F)c12. The van der Waals surface area contributed by atoms with Crippen LogP contribution in [-0.4, -0.2) is 55.5 Å². The molecule has 0 aliphatic carbocycles. The third-order valence-electron chi connectivity index (χ3n) is 5.65. The summed E-state index contributed by atoms with van der Waals surface area (Å²) in [5, 5.41) is 3.78. The average molecular weight is 412 g/mol. The van der Waals surface area contributed by atoms with E-state index in [-0.39, 0.29) is 17.8 Å². The van der Waals surface area contributed by atoms with Gasteiger partial charge in [-0.3, -0.25) is 9.69 Å².